The van der Waals surface area contributed by atoms with Gasteiger partial charge in [0, 0.05) is 17.8 Å². The minimum atomic E-state index is -0.474. The number of aromatic nitrogens is 2. The van der Waals surface area contributed by atoms with Gasteiger partial charge in [-0.1, -0.05) is 6.07 Å². The zero-order valence-electron chi connectivity index (χ0n) is 11.3. The number of hydrogen-bond donors (Lipinski definition) is 5. The third-order valence-electron chi connectivity index (χ3n) is 3.26. The molecule has 0 radical (unpaired) electrons. The van der Waals surface area contributed by atoms with Gasteiger partial charge in [0.2, 0.25) is 5.75 Å². The van der Waals surface area contributed by atoms with Crippen molar-refractivity contribution in [3.8, 4) is 17.2 Å². The molecule has 0 saturated heterocycles. The maximum absolute atomic E-state index is 9.66. The van der Waals surface area contributed by atoms with Gasteiger partial charge in [-0.2, -0.15) is 5.10 Å². The maximum Gasteiger partial charge on any atom is 0.200 e. The number of aromatic hydroxyl groups is 3. The number of phenols is 3. The van der Waals surface area contributed by atoms with E-state index in [-0.39, 0.29) is 11.5 Å². The van der Waals surface area contributed by atoms with Crippen LogP contribution in [0.1, 0.15) is 23.2 Å². The largest absolute Gasteiger partial charge is 0.504 e. The first-order valence-electron chi connectivity index (χ1n) is 6.52. The molecule has 0 fully saturated rings. The van der Waals surface area contributed by atoms with Gasteiger partial charge in [0.15, 0.2) is 11.5 Å². The van der Waals surface area contributed by atoms with Crippen LogP contribution in [0, 0.1) is 6.92 Å². The first-order valence-corrected chi connectivity index (χ1v) is 6.52. The van der Waals surface area contributed by atoms with Crippen LogP contribution >= 0.6 is 0 Å². The van der Waals surface area contributed by atoms with Crippen molar-refractivity contribution >= 4 is 0 Å². The molecule has 0 aliphatic heterocycles. The molecule has 1 aromatic heterocycles. The summed E-state index contributed by atoms with van der Waals surface area (Å²) in [5.74, 6) is -1.07. The Labute approximate surface area is 117 Å². The van der Waals surface area contributed by atoms with E-state index in [4.69, 9.17) is 0 Å². The number of aryl methyl sites for hydroxylation is 2. The topological polar surface area (TPSA) is 101 Å². The Bertz CT molecular complexity index is 581. The monoisotopic (exact) mass is 277 g/mol. The molecule has 20 heavy (non-hydrogen) atoms. The molecule has 0 aliphatic carbocycles. The molecule has 0 saturated carbocycles. The maximum atomic E-state index is 9.66. The SMILES string of the molecule is Cc1[nH]ncc1CCCNCc1ccc(O)c(O)c1O. The summed E-state index contributed by atoms with van der Waals surface area (Å²) < 4.78 is 0. The van der Waals surface area contributed by atoms with E-state index < -0.39 is 5.75 Å². The van der Waals surface area contributed by atoms with E-state index >= 15 is 0 Å². The van der Waals surface area contributed by atoms with Gasteiger partial charge in [0.05, 0.1) is 6.20 Å². The highest BCUT2D eigenvalue weighted by molar-refractivity contribution is 5.52. The first-order chi connectivity index (χ1) is 9.59. The van der Waals surface area contributed by atoms with Crippen LogP contribution < -0.4 is 5.32 Å². The van der Waals surface area contributed by atoms with Crippen molar-refractivity contribution in [1.82, 2.24) is 15.5 Å². The quantitative estimate of drug-likeness (QED) is 0.407. The Morgan fingerprint density at radius 2 is 1.95 bits per heavy atom. The molecule has 6 nitrogen and oxygen atoms in total. The van der Waals surface area contributed by atoms with Crippen LogP contribution in [0.5, 0.6) is 17.2 Å². The molecule has 108 valence electrons. The molecular weight excluding hydrogens is 258 g/mol. The molecule has 6 heteroatoms. The van der Waals surface area contributed by atoms with Crippen LogP contribution in [0.2, 0.25) is 0 Å². The summed E-state index contributed by atoms with van der Waals surface area (Å²) in [5, 5.41) is 38.3. The van der Waals surface area contributed by atoms with Crippen molar-refractivity contribution in [2.24, 2.45) is 0 Å². The van der Waals surface area contributed by atoms with Crippen molar-refractivity contribution in [2.45, 2.75) is 26.3 Å². The number of nitrogens with one attached hydrogen (secondary N) is 2. The average molecular weight is 277 g/mol. The van der Waals surface area contributed by atoms with Gasteiger partial charge >= 0.3 is 0 Å². The summed E-state index contributed by atoms with van der Waals surface area (Å²) in [6.45, 7) is 3.21. The third-order valence-corrected chi connectivity index (χ3v) is 3.26. The summed E-state index contributed by atoms with van der Waals surface area (Å²) >= 11 is 0. The minimum Gasteiger partial charge on any atom is -0.504 e. The number of phenolic OH excluding ortho intramolecular Hbond substituents is 3. The van der Waals surface area contributed by atoms with E-state index in [1.165, 1.54) is 11.6 Å². The molecule has 2 aromatic rings. The van der Waals surface area contributed by atoms with Crippen molar-refractivity contribution < 1.29 is 15.3 Å². The number of hydrogen-bond acceptors (Lipinski definition) is 5. The number of rotatable bonds is 6. The molecule has 1 heterocycles. The lowest BCUT2D eigenvalue weighted by atomic mass is 10.1. The summed E-state index contributed by atoms with van der Waals surface area (Å²) in [6, 6.07) is 2.94. The Morgan fingerprint density at radius 3 is 2.65 bits per heavy atom. The lowest BCUT2D eigenvalue weighted by molar-refractivity contribution is 0.364. The summed E-state index contributed by atoms with van der Waals surface area (Å²) in [5.41, 5.74) is 2.85. The lowest BCUT2D eigenvalue weighted by Gasteiger charge is -2.09. The van der Waals surface area contributed by atoms with E-state index in [1.807, 2.05) is 13.1 Å². The van der Waals surface area contributed by atoms with Gasteiger partial charge in [-0.3, -0.25) is 5.10 Å². The molecule has 0 aliphatic rings. The second-order valence-electron chi connectivity index (χ2n) is 4.74. The molecular formula is C14H19N3O3. The van der Waals surface area contributed by atoms with E-state index in [0.717, 1.165) is 25.1 Å². The first kappa shape index (κ1) is 14.2. The summed E-state index contributed by atoms with van der Waals surface area (Å²) in [6.07, 6.45) is 3.71. The second kappa shape index (κ2) is 6.29. The van der Waals surface area contributed by atoms with Crippen molar-refractivity contribution in [1.29, 1.82) is 0 Å². The Hall–Kier alpha value is -2.21. The summed E-state index contributed by atoms with van der Waals surface area (Å²) in [7, 11) is 0. The second-order valence-corrected chi connectivity index (χ2v) is 4.74. The smallest absolute Gasteiger partial charge is 0.200 e. The average Bonchev–Trinajstić information content (AvgIpc) is 2.84. The molecule has 5 N–H and O–H groups in total. The Balaban J connectivity index is 1.76. The fourth-order valence-corrected chi connectivity index (χ4v) is 2.01. The standard InChI is InChI=1S/C14H19N3O3/c1-9-10(8-16-17-9)3-2-6-15-7-11-4-5-12(18)14(20)13(11)19/h4-5,8,15,18-20H,2-3,6-7H2,1H3,(H,16,17). The molecule has 1 aromatic carbocycles. The number of benzene rings is 1. The lowest BCUT2D eigenvalue weighted by Crippen LogP contribution is -2.15. The highest BCUT2D eigenvalue weighted by atomic mass is 16.3. The van der Waals surface area contributed by atoms with Gasteiger partial charge in [-0.05, 0) is 37.9 Å². The van der Waals surface area contributed by atoms with Crippen LogP contribution in [0.25, 0.3) is 0 Å². The van der Waals surface area contributed by atoms with Gasteiger partial charge in [0.1, 0.15) is 0 Å². The van der Waals surface area contributed by atoms with E-state index in [2.05, 4.69) is 15.5 Å². The highest BCUT2D eigenvalue weighted by Crippen LogP contribution is 2.36. The van der Waals surface area contributed by atoms with Crippen molar-refractivity contribution in [3.05, 3.63) is 35.2 Å². The van der Waals surface area contributed by atoms with Crippen LogP contribution in [0.3, 0.4) is 0 Å². The van der Waals surface area contributed by atoms with Crippen LogP contribution in [-0.4, -0.2) is 32.1 Å². The van der Waals surface area contributed by atoms with Crippen LogP contribution in [-0.2, 0) is 13.0 Å². The Morgan fingerprint density at radius 1 is 1.15 bits per heavy atom. The Kier molecular flexibility index (Phi) is 4.47. The minimum absolute atomic E-state index is 0.275. The van der Waals surface area contributed by atoms with Crippen LogP contribution in [0.15, 0.2) is 18.3 Å². The predicted molar refractivity (Wildman–Crippen MR) is 74.8 cm³/mol. The molecule has 0 amide bonds. The number of H-pyrrole nitrogens is 1. The molecule has 0 bridgehead atoms. The van der Waals surface area contributed by atoms with E-state index in [9.17, 15) is 15.3 Å². The van der Waals surface area contributed by atoms with Crippen LogP contribution in [0.4, 0.5) is 0 Å². The fourth-order valence-electron chi connectivity index (χ4n) is 2.01. The molecule has 0 atom stereocenters. The molecule has 2 rings (SSSR count). The van der Waals surface area contributed by atoms with Gasteiger partial charge in [-0.25, -0.2) is 0 Å². The third kappa shape index (κ3) is 3.21. The van der Waals surface area contributed by atoms with Gasteiger partial charge in [-0.15, -0.1) is 0 Å². The predicted octanol–water partition coefficient (Wildman–Crippen LogP) is 1.56. The number of aromatic amines is 1. The van der Waals surface area contributed by atoms with Crippen molar-refractivity contribution in [3.63, 3.8) is 0 Å². The number of nitrogens with zero attached hydrogens (tertiary/aromatic N) is 1. The normalized spacial score (nSPS) is 10.8. The van der Waals surface area contributed by atoms with Crippen molar-refractivity contribution in [2.75, 3.05) is 6.54 Å². The van der Waals surface area contributed by atoms with Gasteiger partial charge < -0.3 is 20.6 Å². The molecule has 0 unspecified atom stereocenters. The van der Waals surface area contributed by atoms with E-state index in [1.54, 1.807) is 6.07 Å². The zero-order chi connectivity index (χ0) is 14.5. The zero-order valence-corrected chi connectivity index (χ0v) is 11.3. The van der Waals surface area contributed by atoms with E-state index in [0.29, 0.717) is 12.1 Å². The highest BCUT2D eigenvalue weighted by Gasteiger charge is 2.10. The summed E-state index contributed by atoms with van der Waals surface area (Å²) in [4.78, 5) is 0. The molecule has 0 spiro atoms. The fraction of sp³-hybridized carbons (Fsp3) is 0.357. The van der Waals surface area contributed by atoms with Gasteiger partial charge in [0.25, 0.3) is 0 Å².